The summed E-state index contributed by atoms with van der Waals surface area (Å²) in [5.41, 5.74) is 10.5. The molecule has 1 N–H and O–H groups in total. The molecule has 0 bridgehead atoms. The van der Waals surface area contributed by atoms with Crippen LogP contribution in [0.5, 0.6) is 0 Å². The average molecular weight is 391 g/mol. The second kappa shape index (κ2) is 10.1. The molecule has 0 fully saturated rings. The molecule has 144 valence electrons. The van der Waals surface area contributed by atoms with E-state index in [4.69, 9.17) is 14.5 Å². The maximum atomic E-state index is 12.2. The molecule has 0 heterocycles. The number of aliphatic hydroxyl groups excluding tert-OH is 1. The highest BCUT2D eigenvalue weighted by Gasteiger charge is 2.23. The van der Waals surface area contributed by atoms with E-state index in [1.807, 2.05) is 37.3 Å². The zero-order valence-corrected chi connectivity index (χ0v) is 15.6. The lowest BCUT2D eigenvalue weighted by Crippen LogP contribution is -2.33. The molecule has 0 radical (unpaired) electrons. The zero-order chi connectivity index (χ0) is 19.7. The van der Waals surface area contributed by atoms with Crippen LogP contribution in [0.25, 0.3) is 10.4 Å². The Bertz CT molecular complexity index is 866. The summed E-state index contributed by atoms with van der Waals surface area (Å²) in [6.45, 7) is 1.48. The van der Waals surface area contributed by atoms with Gasteiger partial charge in [0.1, 0.15) is 0 Å². The molecule has 0 amide bonds. The number of azide groups is 1. The van der Waals surface area contributed by atoms with Crippen molar-refractivity contribution in [1.82, 2.24) is 0 Å². The van der Waals surface area contributed by atoms with E-state index < -0.39 is 28.9 Å². The third-order valence-electron chi connectivity index (χ3n) is 3.75. The van der Waals surface area contributed by atoms with E-state index in [1.165, 1.54) is 12.1 Å². The van der Waals surface area contributed by atoms with Crippen LogP contribution in [0.4, 0.5) is 0 Å². The first-order valence-electron chi connectivity index (χ1n) is 8.22. The van der Waals surface area contributed by atoms with Crippen molar-refractivity contribution in [2.75, 3.05) is 13.2 Å². The maximum absolute atomic E-state index is 12.2. The third kappa shape index (κ3) is 6.67. The minimum Gasteiger partial charge on any atom is -0.390 e. The fourth-order valence-electron chi connectivity index (χ4n) is 2.20. The Morgan fingerprint density at radius 3 is 2.41 bits per heavy atom. The van der Waals surface area contributed by atoms with Crippen molar-refractivity contribution >= 4 is 10.1 Å². The highest BCUT2D eigenvalue weighted by molar-refractivity contribution is 7.86. The van der Waals surface area contributed by atoms with E-state index in [-0.39, 0.29) is 18.1 Å². The van der Waals surface area contributed by atoms with Gasteiger partial charge in [0.05, 0.1) is 36.9 Å². The lowest BCUT2D eigenvalue weighted by atomic mass is 10.2. The summed E-state index contributed by atoms with van der Waals surface area (Å²) < 4.78 is 34.8. The van der Waals surface area contributed by atoms with Gasteiger partial charge in [-0.2, -0.15) is 8.42 Å². The molecule has 2 rings (SSSR count). The second-order valence-corrected chi connectivity index (χ2v) is 7.51. The molecule has 0 aliphatic rings. The van der Waals surface area contributed by atoms with Crippen LogP contribution in [0.15, 0.2) is 64.6 Å². The predicted octanol–water partition coefficient (Wildman–Crippen LogP) is 2.96. The molecule has 0 aliphatic heterocycles. The molecule has 2 atom stereocenters. The lowest BCUT2D eigenvalue weighted by molar-refractivity contribution is 0.00876. The third-order valence-corrected chi connectivity index (χ3v) is 5.04. The number of aryl methyl sites for hydroxylation is 1. The van der Waals surface area contributed by atoms with Crippen LogP contribution in [0, 0.1) is 6.92 Å². The van der Waals surface area contributed by atoms with Crippen LogP contribution in [-0.4, -0.2) is 38.9 Å². The molecule has 0 aliphatic carbocycles. The van der Waals surface area contributed by atoms with Gasteiger partial charge in [0.2, 0.25) is 0 Å². The fourth-order valence-corrected chi connectivity index (χ4v) is 3.13. The predicted molar refractivity (Wildman–Crippen MR) is 99.4 cm³/mol. The number of benzene rings is 2. The largest absolute Gasteiger partial charge is 0.390 e. The lowest BCUT2D eigenvalue weighted by Gasteiger charge is -2.18. The topological polar surface area (TPSA) is 122 Å². The monoisotopic (exact) mass is 391 g/mol. The van der Waals surface area contributed by atoms with Crippen LogP contribution < -0.4 is 0 Å². The van der Waals surface area contributed by atoms with Gasteiger partial charge in [0.25, 0.3) is 10.1 Å². The summed E-state index contributed by atoms with van der Waals surface area (Å²) in [5.74, 6) is 0. The van der Waals surface area contributed by atoms with E-state index in [0.29, 0.717) is 0 Å². The Balaban J connectivity index is 1.91. The highest BCUT2D eigenvalue weighted by atomic mass is 32.2. The molecule has 2 aromatic carbocycles. The Hall–Kier alpha value is -2.42. The number of ether oxygens (including phenoxy) is 1. The minimum atomic E-state index is -4.02. The van der Waals surface area contributed by atoms with Crippen molar-refractivity contribution in [1.29, 1.82) is 0 Å². The number of aliphatic hydroxyl groups is 1. The van der Waals surface area contributed by atoms with Crippen LogP contribution >= 0.6 is 0 Å². The van der Waals surface area contributed by atoms with Gasteiger partial charge in [-0.1, -0.05) is 53.1 Å². The van der Waals surface area contributed by atoms with Crippen LogP contribution in [0.3, 0.4) is 0 Å². The molecule has 0 saturated heterocycles. The molecular weight excluding hydrogens is 370 g/mol. The van der Waals surface area contributed by atoms with Gasteiger partial charge in [-0.25, -0.2) is 0 Å². The Morgan fingerprint density at radius 1 is 1.11 bits per heavy atom. The van der Waals surface area contributed by atoms with Gasteiger partial charge < -0.3 is 9.84 Å². The zero-order valence-electron chi connectivity index (χ0n) is 14.8. The van der Waals surface area contributed by atoms with Crippen molar-refractivity contribution in [2.45, 2.75) is 30.6 Å². The molecule has 2 aromatic rings. The molecular formula is C18H21N3O5S. The van der Waals surface area contributed by atoms with E-state index in [2.05, 4.69) is 10.0 Å². The van der Waals surface area contributed by atoms with E-state index in [0.717, 1.165) is 11.1 Å². The van der Waals surface area contributed by atoms with Crippen molar-refractivity contribution in [2.24, 2.45) is 5.11 Å². The van der Waals surface area contributed by atoms with Crippen molar-refractivity contribution < 1.29 is 22.4 Å². The van der Waals surface area contributed by atoms with Crippen molar-refractivity contribution in [3.63, 3.8) is 0 Å². The first-order valence-corrected chi connectivity index (χ1v) is 9.63. The number of nitrogens with zero attached hydrogens (tertiary/aromatic N) is 3. The van der Waals surface area contributed by atoms with Gasteiger partial charge in [-0.05, 0) is 30.2 Å². The maximum Gasteiger partial charge on any atom is 0.296 e. The molecule has 0 aromatic heterocycles. The Labute approximate surface area is 158 Å². The SMILES string of the molecule is Cc1ccc(S(=O)(=O)OC[C@H](N=[N+]=[N-])[C@@H](O)COCc2ccccc2)cc1. The van der Waals surface area contributed by atoms with Gasteiger partial charge in [0, 0.05) is 4.91 Å². The van der Waals surface area contributed by atoms with Crippen LogP contribution in [0.1, 0.15) is 11.1 Å². The smallest absolute Gasteiger partial charge is 0.296 e. The Kier molecular flexibility index (Phi) is 7.78. The van der Waals surface area contributed by atoms with Gasteiger partial charge >= 0.3 is 0 Å². The first kappa shape index (κ1) is 20.9. The number of hydrogen-bond donors (Lipinski definition) is 1. The van der Waals surface area contributed by atoms with Crippen LogP contribution in [0.2, 0.25) is 0 Å². The van der Waals surface area contributed by atoms with Gasteiger partial charge in [-0.15, -0.1) is 0 Å². The van der Waals surface area contributed by atoms with Crippen LogP contribution in [-0.2, 0) is 25.6 Å². The second-order valence-electron chi connectivity index (χ2n) is 5.89. The molecule has 0 saturated carbocycles. The Morgan fingerprint density at radius 2 is 1.78 bits per heavy atom. The standard InChI is InChI=1S/C18H21N3O5S/c1-14-7-9-16(10-8-14)27(23,24)26-12-17(20-21-19)18(22)13-25-11-15-5-3-2-4-6-15/h2-10,17-18,22H,11-13H2,1H3/t17-,18-/m0/s1. The number of hydrogen-bond acceptors (Lipinski definition) is 6. The van der Waals surface area contributed by atoms with E-state index in [9.17, 15) is 13.5 Å². The molecule has 8 nitrogen and oxygen atoms in total. The quantitative estimate of drug-likeness (QED) is 0.289. The van der Waals surface area contributed by atoms with Gasteiger partial charge in [0.15, 0.2) is 0 Å². The summed E-state index contributed by atoms with van der Waals surface area (Å²) in [4.78, 5) is 2.63. The summed E-state index contributed by atoms with van der Waals surface area (Å²) in [6, 6.07) is 14.4. The molecule has 27 heavy (non-hydrogen) atoms. The van der Waals surface area contributed by atoms with Crippen molar-refractivity contribution in [3.05, 3.63) is 76.2 Å². The summed E-state index contributed by atoms with van der Waals surface area (Å²) in [5, 5.41) is 13.6. The van der Waals surface area contributed by atoms with E-state index in [1.54, 1.807) is 12.1 Å². The minimum absolute atomic E-state index is 0.0115. The van der Waals surface area contributed by atoms with Gasteiger partial charge in [-0.3, -0.25) is 4.18 Å². The fraction of sp³-hybridized carbons (Fsp3) is 0.333. The first-order chi connectivity index (χ1) is 12.9. The van der Waals surface area contributed by atoms with Crippen molar-refractivity contribution in [3.8, 4) is 0 Å². The summed E-state index contributed by atoms with van der Waals surface area (Å²) in [7, 11) is -4.02. The summed E-state index contributed by atoms with van der Waals surface area (Å²) >= 11 is 0. The number of rotatable bonds is 10. The molecule has 9 heteroatoms. The normalized spacial score (nSPS) is 13.6. The summed E-state index contributed by atoms with van der Waals surface area (Å²) in [6.07, 6.45) is -1.21. The average Bonchev–Trinajstić information content (AvgIpc) is 2.66. The molecule has 0 unspecified atom stereocenters. The van der Waals surface area contributed by atoms with E-state index >= 15 is 0 Å². The highest BCUT2D eigenvalue weighted by Crippen LogP contribution is 2.15. The molecule has 0 spiro atoms.